The smallest absolute Gasteiger partial charge is 0.460 e. The minimum absolute atomic E-state index is 0.196. The van der Waals surface area contributed by atoms with Crippen LogP contribution in [0.2, 0.25) is 0 Å². The molecule has 1 nitrogen and oxygen atoms in total. The molecule has 0 saturated heterocycles. The van der Waals surface area contributed by atoms with Gasteiger partial charge in [-0.2, -0.15) is 57.1 Å². The summed E-state index contributed by atoms with van der Waals surface area (Å²) in [6.45, 7) is 0. The number of hydrogen-bond donors (Lipinski definition) is 0. The predicted octanol–water partition coefficient (Wildman–Crippen LogP) is 8.55. The molecule has 0 heterocycles. The van der Waals surface area contributed by atoms with Crippen LogP contribution < -0.4 is 4.74 Å². The van der Waals surface area contributed by atoms with Gasteiger partial charge in [0, 0.05) is 12.2 Å². The van der Waals surface area contributed by atoms with Gasteiger partial charge in [0.05, 0.1) is 0 Å². The molecule has 0 aliphatic rings. The molecule has 0 saturated carbocycles. The zero-order valence-corrected chi connectivity index (χ0v) is 18.4. The van der Waals surface area contributed by atoms with Gasteiger partial charge < -0.3 is 4.74 Å². The van der Waals surface area contributed by atoms with E-state index in [1.54, 1.807) is 42.5 Å². The van der Waals surface area contributed by atoms with E-state index in [0.717, 1.165) is 5.56 Å². The molecular formula is C21H15F13OS. The topological polar surface area (TPSA) is 9.23 Å². The van der Waals surface area contributed by atoms with E-state index in [4.69, 9.17) is 4.74 Å². The molecular weight excluding hydrogens is 547 g/mol. The summed E-state index contributed by atoms with van der Waals surface area (Å²) in [6, 6.07) is 15.0. The highest BCUT2D eigenvalue weighted by Gasteiger charge is 2.90. The fourth-order valence-electron chi connectivity index (χ4n) is 2.72. The maximum atomic E-state index is 13.8. The second kappa shape index (κ2) is 10.2. The van der Waals surface area contributed by atoms with E-state index in [1.807, 2.05) is 0 Å². The summed E-state index contributed by atoms with van der Waals surface area (Å²) in [7, 11) is 0. The average molecular weight is 562 g/mol. The van der Waals surface area contributed by atoms with Gasteiger partial charge in [-0.05, 0) is 23.3 Å². The molecule has 2 aromatic rings. The third-order valence-electron chi connectivity index (χ3n) is 4.81. The molecule has 0 amide bonds. The number of alkyl halides is 13. The van der Waals surface area contributed by atoms with Crippen LogP contribution in [0.25, 0.3) is 11.1 Å². The molecule has 0 atom stereocenters. The van der Waals surface area contributed by atoms with Gasteiger partial charge in [0.15, 0.2) is 0 Å². The van der Waals surface area contributed by atoms with Gasteiger partial charge >= 0.3 is 35.8 Å². The van der Waals surface area contributed by atoms with Crippen molar-refractivity contribution in [3.8, 4) is 16.9 Å². The van der Waals surface area contributed by atoms with Gasteiger partial charge in [-0.1, -0.05) is 42.5 Å². The highest BCUT2D eigenvalue weighted by atomic mass is 32.2. The number of benzene rings is 2. The molecule has 0 radical (unpaired) electrons. The summed E-state index contributed by atoms with van der Waals surface area (Å²) in [5, 5.41) is 0. The predicted molar refractivity (Wildman–Crippen MR) is 105 cm³/mol. The molecule has 0 unspecified atom stereocenters. The Morgan fingerprint density at radius 2 is 1.11 bits per heavy atom. The van der Waals surface area contributed by atoms with Crippen LogP contribution in [0.3, 0.4) is 0 Å². The van der Waals surface area contributed by atoms with Crippen molar-refractivity contribution in [3.63, 3.8) is 0 Å². The Bertz CT molecular complexity index is 1010. The second-order valence-corrected chi connectivity index (χ2v) is 8.37. The number of rotatable bonds is 11. The van der Waals surface area contributed by atoms with Gasteiger partial charge in [-0.15, -0.1) is 11.8 Å². The first-order valence-electron chi connectivity index (χ1n) is 9.61. The molecule has 0 bridgehead atoms. The van der Waals surface area contributed by atoms with E-state index in [0.29, 0.717) is 17.3 Å². The number of hydrogen-bond acceptors (Lipinski definition) is 2. The molecule has 0 N–H and O–H groups in total. The highest BCUT2D eigenvalue weighted by Crippen LogP contribution is 2.60. The monoisotopic (exact) mass is 562 g/mol. The summed E-state index contributed by atoms with van der Waals surface area (Å²) < 4.78 is 175. The van der Waals surface area contributed by atoms with Crippen LogP contribution in [0, 0.1) is 0 Å². The van der Waals surface area contributed by atoms with Crippen molar-refractivity contribution in [2.24, 2.45) is 0 Å². The molecule has 0 fully saturated rings. The molecule has 36 heavy (non-hydrogen) atoms. The number of halogens is 13. The van der Waals surface area contributed by atoms with E-state index in [-0.39, 0.29) is 5.75 Å². The Kier molecular flexibility index (Phi) is 8.48. The van der Waals surface area contributed by atoms with Gasteiger partial charge in [0.2, 0.25) is 0 Å². The van der Waals surface area contributed by atoms with E-state index >= 15 is 0 Å². The summed E-state index contributed by atoms with van der Waals surface area (Å²) >= 11 is 0.325. The van der Waals surface area contributed by atoms with Crippen LogP contribution >= 0.6 is 11.8 Å². The first-order valence-corrected chi connectivity index (χ1v) is 10.8. The Hall–Kier alpha value is -2.32. The van der Waals surface area contributed by atoms with Crippen molar-refractivity contribution in [1.29, 1.82) is 0 Å². The first kappa shape index (κ1) is 29.9. The number of thioether (sulfide) groups is 1. The molecule has 15 heteroatoms. The van der Waals surface area contributed by atoms with E-state index in [9.17, 15) is 57.1 Å². The van der Waals surface area contributed by atoms with Crippen LogP contribution in [0.5, 0.6) is 5.75 Å². The maximum Gasteiger partial charge on any atom is 0.460 e. The van der Waals surface area contributed by atoms with Crippen LogP contribution in [-0.2, 0) is 0 Å². The minimum Gasteiger partial charge on any atom is -0.483 e. The standard InChI is InChI=1S/C21H15F13OS/c22-16(23,17(24,25)18(26,27)19(28,29)20(30,31)21(32,33)34)9-10-36-12-35-15-8-4-7-14(11-15)13-5-2-1-3-6-13/h1-8,11H,9-10,12H2. The Morgan fingerprint density at radius 1 is 0.583 bits per heavy atom. The Balaban J connectivity index is 2.02. The summed E-state index contributed by atoms with van der Waals surface area (Å²) in [5.41, 5.74) is 1.47. The largest absolute Gasteiger partial charge is 0.483 e. The van der Waals surface area contributed by atoms with Crippen molar-refractivity contribution in [1.82, 2.24) is 0 Å². The first-order chi connectivity index (χ1) is 16.3. The molecule has 2 rings (SSSR count). The fourth-order valence-corrected chi connectivity index (χ4v) is 3.46. The zero-order chi connectivity index (χ0) is 27.6. The normalized spacial score (nSPS) is 14.1. The van der Waals surface area contributed by atoms with Gasteiger partial charge in [0.1, 0.15) is 11.7 Å². The van der Waals surface area contributed by atoms with Crippen molar-refractivity contribution in [3.05, 3.63) is 54.6 Å². The lowest BCUT2D eigenvalue weighted by Crippen LogP contribution is -2.70. The maximum absolute atomic E-state index is 13.8. The summed E-state index contributed by atoms with van der Waals surface area (Å²) in [6.07, 6.45) is -9.68. The third-order valence-corrected chi connectivity index (χ3v) is 5.59. The van der Waals surface area contributed by atoms with Crippen molar-refractivity contribution in [2.75, 3.05) is 11.7 Å². The SMILES string of the molecule is FC(F)(F)C(F)(F)C(F)(F)C(F)(F)C(F)(F)C(F)(F)CCSCOc1cccc(-c2ccccc2)c1. The molecule has 0 aromatic heterocycles. The Labute approximate surface area is 199 Å². The fraction of sp³-hybridized carbons (Fsp3) is 0.429. The zero-order valence-electron chi connectivity index (χ0n) is 17.5. The summed E-state index contributed by atoms with van der Waals surface area (Å²) in [5.74, 6) is -38.1. The minimum atomic E-state index is -7.88. The lowest BCUT2D eigenvalue weighted by molar-refractivity contribution is -0.439. The Morgan fingerprint density at radius 3 is 1.67 bits per heavy atom. The van der Waals surface area contributed by atoms with E-state index < -0.39 is 53.9 Å². The molecule has 0 aliphatic carbocycles. The highest BCUT2D eigenvalue weighted by molar-refractivity contribution is 7.99. The molecule has 2 aromatic carbocycles. The van der Waals surface area contributed by atoms with Crippen LogP contribution in [0.1, 0.15) is 6.42 Å². The second-order valence-electron chi connectivity index (χ2n) is 7.31. The molecule has 0 aliphatic heterocycles. The van der Waals surface area contributed by atoms with Gasteiger partial charge in [0.25, 0.3) is 0 Å². The van der Waals surface area contributed by atoms with Crippen LogP contribution in [0.4, 0.5) is 57.1 Å². The van der Waals surface area contributed by atoms with Crippen molar-refractivity contribution in [2.45, 2.75) is 42.2 Å². The van der Waals surface area contributed by atoms with Crippen molar-refractivity contribution < 1.29 is 61.8 Å². The third kappa shape index (κ3) is 5.49. The van der Waals surface area contributed by atoms with Gasteiger partial charge in [-0.25, -0.2) is 0 Å². The molecule has 0 spiro atoms. The summed E-state index contributed by atoms with van der Waals surface area (Å²) in [4.78, 5) is 0. The lowest BCUT2D eigenvalue weighted by Gasteiger charge is -2.39. The quantitative estimate of drug-likeness (QED) is 0.154. The number of ether oxygens (including phenoxy) is 1. The lowest BCUT2D eigenvalue weighted by atomic mass is 9.93. The van der Waals surface area contributed by atoms with Crippen LogP contribution in [-0.4, -0.2) is 47.5 Å². The van der Waals surface area contributed by atoms with E-state index in [2.05, 4.69) is 0 Å². The van der Waals surface area contributed by atoms with E-state index in [1.165, 1.54) is 12.1 Å². The average Bonchev–Trinajstić information content (AvgIpc) is 2.78. The van der Waals surface area contributed by atoms with Crippen molar-refractivity contribution >= 4 is 11.8 Å². The van der Waals surface area contributed by atoms with Crippen LogP contribution in [0.15, 0.2) is 54.6 Å². The molecule has 202 valence electrons. The van der Waals surface area contributed by atoms with Gasteiger partial charge in [-0.3, -0.25) is 0 Å².